The topological polar surface area (TPSA) is 179 Å². The molecule has 0 fully saturated rings. The van der Waals surface area contributed by atoms with E-state index in [0.717, 1.165) is 18.2 Å². The van der Waals surface area contributed by atoms with Crippen molar-refractivity contribution < 1.29 is 33.2 Å². The van der Waals surface area contributed by atoms with Crippen LogP contribution in [-0.4, -0.2) is 60.1 Å². The molecule has 6 rings (SSSR count). The van der Waals surface area contributed by atoms with Crippen LogP contribution in [0.3, 0.4) is 0 Å². The summed E-state index contributed by atoms with van der Waals surface area (Å²) in [6.07, 6.45) is 0. The van der Waals surface area contributed by atoms with Gasteiger partial charge in [-0.05, 0) is 13.0 Å². The van der Waals surface area contributed by atoms with E-state index in [-0.39, 0.29) is 56.9 Å². The molecular formula is C27H24Cl2F2N6O9. The van der Waals surface area contributed by atoms with Crippen molar-refractivity contribution >= 4 is 34.6 Å². The molecule has 0 amide bonds. The van der Waals surface area contributed by atoms with E-state index in [4.69, 9.17) is 32.7 Å². The lowest BCUT2D eigenvalue weighted by Gasteiger charge is -2.06. The van der Waals surface area contributed by atoms with E-state index in [1.165, 1.54) is 25.7 Å². The monoisotopic (exact) mass is 684 g/mol. The second-order valence-corrected chi connectivity index (χ2v) is 10.8. The Morgan fingerprint density at radius 3 is 1.54 bits per heavy atom. The van der Waals surface area contributed by atoms with Crippen LogP contribution in [0.4, 0.5) is 20.2 Å². The highest BCUT2D eigenvalue weighted by atomic mass is 35.5. The molecule has 0 unspecified atom stereocenters. The fourth-order valence-electron chi connectivity index (χ4n) is 5.21. The predicted octanol–water partition coefficient (Wildman–Crippen LogP) is 4.11. The fourth-order valence-corrected chi connectivity index (χ4v) is 5.92. The number of aryl methyl sites for hydroxylation is 1. The minimum Gasteiger partial charge on any atom is -0.502 e. The van der Waals surface area contributed by atoms with Crippen molar-refractivity contribution in [3.63, 3.8) is 0 Å². The molecule has 2 aliphatic rings. The van der Waals surface area contributed by atoms with Gasteiger partial charge in [0.2, 0.25) is 0 Å². The molecule has 0 bridgehead atoms. The van der Waals surface area contributed by atoms with Crippen molar-refractivity contribution in [2.75, 3.05) is 26.4 Å². The number of hydrogen-bond donors (Lipinski definition) is 1. The molecule has 0 saturated carbocycles. The van der Waals surface area contributed by atoms with E-state index in [2.05, 4.69) is 0 Å². The number of halogens is 4. The van der Waals surface area contributed by atoms with Gasteiger partial charge < -0.3 is 14.6 Å². The standard InChI is InChI=1S/C14H13ClFN3O4.C13H11ClFN3O5/c1-8-6-10(16)9(7-11(8)19(21)22)12-13(15)17-2-4-23-5-3-18(17)14(12)20;14-12-11(13(20)17-2-4-23-3-1-16(12)17)7-5-9(18(21)22)10(19)6-8(7)15/h6-7H,2-5H2,1H3;5-6,19H,1-4H2. The minimum atomic E-state index is -0.968. The van der Waals surface area contributed by atoms with Crippen LogP contribution in [0.25, 0.3) is 22.3 Å². The summed E-state index contributed by atoms with van der Waals surface area (Å²) < 4.78 is 44.6. The summed E-state index contributed by atoms with van der Waals surface area (Å²) in [6, 6.07) is 3.51. The summed E-state index contributed by atoms with van der Waals surface area (Å²) >= 11 is 12.4. The number of rotatable bonds is 4. The number of nitrogens with zero attached hydrogens (tertiary/aromatic N) is 6. The molecule has 0 spiro atoms. The summed E-state index contributed by atoms with van der Waals surface area (Å²) in [5.41, 5.74) is -2.55. The molecule has 244 valence electrons. The smallest absolute Gasteiger partial charge is 0.311 e. The van der Waals surface area contributed by atoms with Gasteiger partial charge in [0.1, 0.15) is 21.9 Å². The van der Waals surface area contributed by atoms with Gasteiger partial charge in [0.25, 0.3) is 16.8 Å². The largest absolute Gasteiger partial charge is 0.502 e. The van der Waals surface area contributed by atoms with Crippen LogP contribution < -0.4 is 11.1 Å². The number of benzene rings is 2. The summed E-state index contributed by atoms with van der Waals surface area (Å²) in [5, 5.41) is 31.5. The van der Waals surface area contributed by atoms with Crippen molar-refractivity contribution in [1.82, 2.24) is 18.7 Å². The first kappa shape index (κ1) is 32.8. The molecule has 0 saturated heterocycles. The molecule has 4 heterocycles. The van der Waals surface area contributed by atoms with Crippen LogP contribution >= 0.6 is 23.2 Å². The van der Waals surface area contributed by atoms with Crippen molar-refractivity contribution in [2.24, 2.45) is 0 Å². The Hall–Kier alpha value is -4.58. The van der Waals surface area contributed by atoms with Crippen molar-refractivity contribution in [1.29, 1.82) is 0 Å². The van der Waals surface area contributed by atoms with E-state index in [9.17, 15) is 43.7 Å². The molecule has 0 atom stereocenters. The lowest BCUT2D eigenvalue weighted by atomic mass is 10.0. The van der Waals surface area contributed by atoms with E-state index in [1.807, 2.05) is 0 Å². The number of fused-ring (bicyclic) bond motifs is 2. The van der Waals surface area contributed by atoms with Crippen LogP contribution in [0.1, 0.15) is 5.56 Å². The zero-order valence-corrected chi connectivity index (χ0v) is 25.4. The first-order valence-electron chi connectivity index (χ1n) is 13.6. The van der Waals surface area contributed by atoms with Gasteiger partial charge in [0.05, 0.1) is 73.6 Å². The third-order valence-electron chi connectivity index (χ3n) is 7.42. The van der Waals surface area contributed by atoms with Gasteiger partial charge in [0.15, 0.2) is 5.75 Å². The van der Waals surface area contributed by atoms with Crippen LogP contribution in [0, 0.1) is 38.8 Å². The SMILES string of the molecule is Cc1cc(F)c(-c2c(Cl)n3n(c2=O)CCOCC3)cc1[N+](=O)[O-].O=c1c(-c2cc([N+](=O)[O-])c(O)cc2F)c(Cl)n2n1CCOCC2. The Bertz CT molecular complexity index is 1860. The summed E-state index contributed by atoms with van der Waals surface area (Å²) in [5.74, 6) is -2.50. The van der Waals surface area contributed by atoms with Gasteiger partial charge in [-0.25, -0.2) is 18.1 Å². The molecule has 19 heteroatoms. The molecule has 0 aliphatic carbocycles. The second kappa shape index (κ2) is 13.0. The molecule has 46 heavy (non-hydrogen) atoms. The van der Waals surface area contributed by atoms with Crippen LogP contribution in [0.15, 0.2) is 33.9 Å². The summed E-state index contributed by atoms with van der Waals surface area (Å²) in [7, 11) is 0. The van der Waals surface area contributed by atoms with E-state index >= 15 is 0 Å². The van der Waals surface area contributed by atoms with Crippen molar-refractivity contribution in [3.8, 4) is 28.0 Å². The Balaban J connectivity index is 0.000000181. The highest BCUT2D eigenvalue weighted by molar-refractivity contribution is 6.32. The third kappa shape index (κ3) is 5.89. The van der Waals surface area contributed by atoms with Crippen molar-refractivity contribution in [2.45, 2.75) is 33.1 Å². The van der Waals surface area contributed by atoms with Crippen LogP contribution in [0.5, 0.6) is 5.75 Å². The minimum absolute atomic E-state index is 0.0283. The predicted molar refractivity (Wildman–Crippen MR) is 160 cm³/mol. The first-order valence-corrected chi connectivity index (χ1v) is 14.3. The van der Waals surface area contributed by atoms with E-state index in [0.29, 0.717) is 45.6 Å². The van der Waals surface area contributed by atoms with Crippen LogP contribution in [-0.2, 0) is 35.7 Å². The maximum Gasteiger partial charge on any atom is 0.311 e. The Morgan fingerprint density at radius 2 is 1.11 bits per heavy atom. The second-order valence-electron chi connectivity index (χ2n) is 10.1. The first-order chi connectivity index (χ1) is 21.8. The number of aromatic nitrogens is 4. The van der Waals surface area contributed by atoms with Gasteiger partial charge in [0, 0.05) is 34.9 Å². The molecule has 2 aromatic heterocycles. The van der Waals surface area contributed by atoms with Crippen molar-refractivity contribution in [3.05, 3.63) is 92.7 Å². The van der Waals surface area contributed by atoms with Gasteiger partial charge in [-0.2, -0.15) is 0 Å². The fraction of sp³-hybridized carbons (Fsp3) is 0.333. The zero-order chi connectivity index (χ0) is 33.4. The Labute approximate surface area is 266 Å². The molecule has 1 N–H and O–H groups in total. The lowest BCUT2D eigenvalue weighted by molar-refractivity contribution is -0.385. The number of phenols is 1. The van der Waals surface area contributed by atoms with E-state index < -0.39 is 44.0 Å². The summed E-state index contributed by atoms with van der Waals surface area (Å²) in [6.45, 7) is 3.98. The van der Waals surface area contributed by atoms with E-state index in [1.54, 1.807) is 0 Å². The Kier molecular flexibility index (Phi) is 9.29. The van der Waals surface area contributed by atoms with Gasteiger partial charge in [-0.15, -0.1) is 0 Å². The maximum atomic E-state index is 14.3. The van der Waals surface area contributed by atoms with Gasteiger partial charge in [-0.1, -0.05) is 23.2 Å². The van der Waals surface area contributed by atoms with Crippen LogP contribution in [0.2, 0.25) is 10.3 Å². The Morgan fingerprint density at radius 1 is 0.717 bits per heavy atom. The number of nitro benzene ring substituents is 2. The molecule has 15 nitrogen and oxygen atoms in total. The number of nitro groups is 2. The highest BCUT2D eigenvalue weighted by Crippen LogP contribution is 2.36. The molecular weight excluding hydrogens is 661 g/mol. The highest BCUT2D eigenvalue weighted by Gasteiger charge is 2.28. The van der Waals surface area contributed by atoms with Gasteiger partial charge >= 0.3 is 5.69 Å². The third-order valence-corrected chi connectivity index (χ3v) is 8.19. The lowest BCUT2D eigenvalue weighted by Crippen LogP contribution is -2.23. The normalized spacial score (nSPS) is 14.4. The number of phenolic OH excluding ortho intramolecular Hbond substituents is 1. The van der Waals surface area contributed by atoms with Gasteiger partial charge in [-0.3, -0.25) is 39.2 Å². The zero-order valence-electron chi connectivity index (χ0n) is 23.9. The molecule has 2 aromatic carbocycles. The molecule has 2 aliphatic heterocycles. The maximum absolute atomic E-state index is 14.3. The average Bonchev–Trinajstić information content (AvgIpc) is 3.23. The number of ether oxygens (including phenoxy) is 2. The average molecular weight is 685 g/mol. The molecule has 0 radical (unpaired) electrons. The summed E-state index contributed by atoms with van der Waals surface area (Å²) in [4.78, 5) is 45.6. The quantitative estimate of drug-likeness (QED) is 0.245. The number of hydrogen-bond acceptors (Lipinski definition) is 9. The number of aromatic hydroxyl groups is 1. The molecule has 4 aromatic rings.